The van der Waals surface area contributed by atoms with E-state index in [2.05, 4.69) is 5.32 Å². The number of esters is 7. The van der Waals surface area contributed by atoms with Gasteiger partial charge in [-0.1, -0.05) is 12.1 Å². The Morgan fingerprint density at radius 2 is 0.896 bits per heavy atom. The zero-order valence-corrected chi connectivity index (χ0v) is 43.2. The molecule has 4 saturated heterocycles. The summed E-state index contributed by atoms with van der Waals surface area (Å²) in [6, 6.07) is 5.27. The van der Waals surface area contributed by atoms with Crippen molar-refractivity contribution in [2.45, 2.75) is 185 Å². The van der Waals surface area contributed by atoms with Gasteiger partial charge in [-0.15, -0.1) is 0 Å². The van der Waals surface area contributed by atoms with E-state index in [-0.39, 0.29) is 5.69 Å². The highest BCUT2D eigenvalue weighted by Crippen LogP contribution is 2.36. The number of ether oxygens (including phenoxy) is 14. The summed E-state index contributed by atoms with van der Waals surface area (Å²) in [7, 11) is 0. The second-order valence-corrected chi connectivity index (χ2v) is 17.8. The first-order valence-corrected chi connectivity index (χ1v) is 23.9. The Morgan fingerprint density at radius 1 is 0.468 bits per heavy atom. The molecular weight excluding hydrogens is 1050 g/mol. The zero-order chi connectivity index (χ0) is 57.6. The van der Waals surface area contributed by atoms with Crippen molar-refractivity contribution < 1.29 is 140 Å². The van der Waals surface area contributed by atoms with Gasteiger partial charge in [0.15, 0.2) is 49.2 Å². The second-order valence-electron chi connectivity index (χ2n) is 17.8. The summed E-state index contributed by atoms with van der Waals surface area (Å²) < 4.78 is 90.5. The molecule has 7 N–H and O–H groups in total. The lowest BCUT2D eigenvalue weighted by Gasteiger charge is -2.48. The van der Waals surface area contributed by atoms with Gasteiger partial charge >= 0.3 is 47.9 Å². The molecule has 1 aromatic rings. The number of halogens is 1. The highest BCUT2D eigenvalue weighted by molar-refractivity contribution is 5.85. The van der Waals surface area contributed by atoms with Crippen molar-refractivity contribution >= 4 is 53.6 Å². The molecule has 0 saturated carbocycles. The number of aliphatic hydroxyl groups is 6. The van der Waals surface area contributed by atoms with E-state index < -0.39 is 203 Å². The molecule has 4 heterocycles. The maximum absolute atomic E-state index is 13.7. The number of carbonyl (C=O) groups excluding carboxylic acids is 8. The van der Waals surface area contributed by atoms with E-state index in [4.69, 9.17) is 66.3 Å². The molecule has 4 aliphatic rings. The molecule has 4 unspecified atom stereocenters. The third-order valence-corrected chi connectivity index (χ3v) is 11.7. The average Bonchev–Trinajstić information content (AvgIpc) is 3.35. The first-order chi connectivity index (χ1) is 36.2. The molecule has 0 spiro atoms. The topological polar surface area (TPSA) is 399 Å². The van der Waals surface area contributed by atoms with Crippen LogP contribution in [-0.4, -0.2) is 227 Å². The van der Waals surface area contributed by atoms with Gasteiger partial charge in [0.2, 0.25) is 0 Å². The number of hydrogen-bond acceptors (Lipinski definition) is 28. The van der Waals surface area contributed by atoms with Crippen molar-refractivity contribution in [2.24, 2.45) is 0 Å². The van der Waals surface area contributed by atoms with Crippen LogP contribution in [0.3, 0.4) is 0 Å². The van der Waals surface area contributed by atoms with Crippen molar-refractivity contribution in [2.75, 3.05) is 31.7 Å². The number of amides is 1. The molecule has 4 fully saturated rings. The minimum Gasteiger partial charge on any atom is -0.463 e. The van der Waals surface area contributed by atoms with Crippen LogP contribution in [0.25, 0.3) is 0 Å². The molecule has 5 rings (SSSR count). The smallest absolute Gasteiger partial charge is 0.412 e. The van der Waals surface area contributed by atoms with E-state index in [1.165, 1.54) is 32.0 Å². The molecule has 4 aliphatic heterocycles. The van der Waals surface area contributed by atoms with E-state index in [1.807, 2.05) is 0 Å². The molecule has 0 bridgehead atoms. The first kappa shape index (κ1) is 63.8. The van der Waals surface area contributed by atoms with Gasteiger partial charge in [0.25, 0.3) is 0 Å². The van der Waals surface area contributed by atoms with Crippen molar-refractivity contribution in [3.63, 3.8) is 0 Å². The third kappa shape index (κ3) is 17.9. The SMILES string of the molecule is CC(=O)OC[C@H]1OC(C)[C@H](OC(C)=O)[C@@H](OC(C)=O)[C@@H]1OC1O[C@H](COC(C)=O)[C@@H](OC(C)=O)[C@H](OC(C)=O)[C@H]1OC(C)=O.CC1O[C@H](CO)[C@@H](OC2O[C@H](CO)[C@@H](OC(=O)Nc3ccccc3F)[C@H](O)[C@H]2O)[C@H](O)[C@H]1O. The summed E-state index contributed by atoms with van der Waals surface area (Å²) in [6.45, 7) is 8.32. The summed E-state index contributed by atoms with van der Waals surface area (Å²) >= 11 is 0. The van der Waals surface area contributed by atoms with E-state index in [0.717, 1.165) is 54.5 Å². The summed E-state index contributed by atoms with van der Waals surface area (Å²) in [6.07, 6.45) is -29.4. The van der Waals surface area contributed by atoms with Gasteiger partial charge in [-0.2, -0.15) is 0 Å². The second kappa shape index (κ2) is 29.3. The molecule has 29 nitrogen and oxygen atoms in total. The molecular formula is C47H66FNO28. The van der Waals surface area contributed by atoms with Crippen molar-refractivity contribution in [3.05, 3.63) is 30.1 Å². The maximum atomic E-state index is 13.7. The van der Waals surface area contributed by atoms with Gasteiger partial charge in [0.1, 0.15) is 80.1 Å². The number of hydrogen-bond donors (Lipinski definition) is 7. The summed E-state index contributed by atoms with van der Waals surface area (Å²) in [5.41, 5.74) is -0.190. The van der Waals surface area contributed by atoms with Crippen LogP contribution in [0.2, 0.25) is 0 Å². The van der Waals surface area contributed by atoms with Crippen LogP contribution in [0.4, 0.5) is 14.9 Å². The number of anilines is 1. The number of nitrogens with one attached hydrogen (secondary N) is 1. The lowest BCUT2D eigenvalue weighted by atomic mass is 9.94. The number of carbonyl (C=O) groups is 8. The fraction of sp³-hybridized carbons (Fsp3) is 0.702. The molecule has 0 radical (unpaired) electrons. The summed E-state index contributed by atoms with van der Waals surface area (Å²) in [5, 5.41) is 62.7. The lowest BCUT2D eigenvalue weighted by Crippen LogP contribution is -2.66. The summed E-state index contributed by atoms with van der Waals surface area (Å²) in [4.78, 5) is 96.0. The minimum atomic E-state index is -1.83. The maximum Gasteiger partial charge on any atom is 0.412 e. The van der Waals surface area contributed by atoms with E-state index in [0.29, 0.717) is 0 Å². The van der Waals surface area contributed by atoms with E-state index in [9.17, 15) is 73.4 Å². The molecule has 434 valence electrons. The molecule has 1 aromatic carbocycles. The van der Waals surface area contributed by atoms with Gasteiger partial charge in [0, 0.05) is 48.5 Å². The quantitative estimate of drug-likeness (QED) is 0.0639. The fourth-order valence-electron chi connectivity index (χ4n) is 8.46. The predicted molar refractivity (Wildman–Crippen MR) is 245 cm³/mol. The predicted octanol–water partition coefficient (Wildman–Crippen LogP) is -2.26. The molecule has 0 aliphatic carbocycles. The number of para-hydroxylation sites is 1. The largest absolute Gasteiger partial charge is 0.463 e. The van der Waals surface area contributed by atoms with Crippen LogP contribution in [0, 0.1) is 5.82 Å². The van der Waals surface area contributed by atoms with Crippen LogP contribution in [0.1, 0.15) is 62.3 Å². The third-order valence-electron chi connectivity index (χ3n) is 11.7. The highest BCUT2D eigenvalue weighted by Gasteiger charge is 2.57. The van der Waals surface area contributed by atoms with Crippen molar-refractivity contribution in [1.29, 1.82) is 0 Å². The summed E-state index contributed by atoms with van der Waals surface area (Å²) in [5.74, 6) is -6.28. The zero-order valence-electron chi connectivity index (χ0n) is 43.2. The molecule has 30 heteroatoms. The van der Waals surface area contributed by atoms with Crippen molar-refractivity contribution in [1.82, 2.24) is 0 Å². The van der Waals surface area contributed by atoms with Gasteiger partial charge < -0.3 is 97.0 Å². The van der Waals surface area contributed by atoms with Crippen LogP contribution in [0.15, 0.2) is 24.3 Å². The van der Waals surface area contributed by atoms with Crippen LogP contribution in [0.5, 0.6) is 0 Å². The van der Waals surface area contributed by atoms with Gasteiger partial charge in [0.05, 0.1) is 31.1 Å². The van der Waals surface area contributed by atoms with Crippen LogP contribution < -0.4 is 5.32 Å². The number of benzene rings is 1. The van der Waals surface area contributed by atoms with Gasteiger partial charge in [-0.3, -0.25) is 38.9 Å². The minimum absolute atomic E-state index is 0.190. The number of rotatable bonds is 17. The standard InChI is InChI=1S/C27H38O17.C20H28FNO11/c1-11-21(38-14(4)30)24(40-16(6)32)23(19(37-11)9-35-12(2)28)44-27-26(42-18(8)34)25(41-17(7)33)22(39-15(5)31)20(43-27)10-36-13(3)29;1-8-13(25)14(26)17(11(6-23)30-8)32-19-16(28)15(27)18(12(7-24)31-19)33-20(29)22-10-5-3-2-4-9(10)21/h11,19-27H,9-10H2,1-8H3;2-5,8,11-19,23-28H,6-7H2,1H3,(H,22,29)/t11?,19-,20-,21+,22-,23-,24-,25+,26-,27?;8?,11-,12-,13+,14-,15-,16-,17-,18-,19?/m11/s1. The van der Waals surface area contributed by atoms with E-state index in [1.54, 1.807) is 0 Å². The Morgan fingerprint density at radius 3 is 1.42 bits per heavy atom. The Labute approximate surface area is 439 Å². The van der Waals surface area contributed by atoms with Gasteiger partial charge in [-0.25, -0.2) is 9.18 Å². The lowest BCUT2D eigenvalue weighted by molar-refractivity contribution is -0.344. The molecule has 0 aromatic heterocycles. The van der Waals surface area contributed by atoms with Crippen LogP contribution >= 0.6 is 0 Å². The Balaban J connectivity index is 0.000000345. The molecule has 20 atom stereocenters. The van der Waals surface area contributed by atoms with Crippen LogP contribution in [-0.2, 0) is 99.9 Å². The number of aliphatic hydroxyl groups excluding tert-OH is 6. The highest BCUT2D eigenvalue weighted by atomic mass is 19.1. The van der Waals surface area contributed by atoms with Crippen molar-refractivity contribution in [3.8, 4) is 0 Å². The monoisotopic (exact) mass is 1110 g/mol. The first-order valence-electron chi connectivity index (χ1n) is 23.9. The van der Waals surface area contributed by atoms with Gasteiger partial charge in [-0.05, 0) is 26.0 Å². The Bertz CT molecular complexity index is 2180. The molecule has 77 heavy (non-hydrogen) atoms. The molecule has 1 amide bonds. The normalized spacial score (nSPS) is 34.8. The van der Waals surface area contributed by atoms with E-state index >= 15 is 0 Å². The Kier molecular flexibility index (Phi) is 24.2. The fourth-order valence-corrected chi connectivity index (χ4v) is 8.46. The average molecular weight is 1110 g/mol. The Hall–Kier alpha value is -5.77.